The Labute approximate surface area is 146 Å². The zero-order valence-corrected chi connectivity index (χ0v) is 14.4. The summed E-state index contributed by atoms with van der Waals surface area (Å²) in [5.41, 5.74) is 2.05. The van der Waals surface area contributed by atoms with E-state index in [-0.39, 0.29) is 12.0 Å². The van der Waals surface area contributed by atoms with Crippen LogP contribution in [-0.4, -0.2) is 27.2 Å². The second-order valence-corrected chi connectivity index (χ2v) is 5.97. The fourth-order valence-electron chi connectivity index (χ4n) is 2.39. The molecule has 0 fully saturated rings. The average molecular weight is 336 g/mol. The third-order valence-corrected chi connectivity index (χ3v) is 3.44. The molecule has 0 unspecified atom stereocenters. The van der Waals surface area contributed by atoms with E-state index in [1.54, 1.807) is 18.2 Å². The lowest BCUT2D eigenvalue weighted by Crippen LogP contribution is -2.12. The van der Waals surface area contributed by atoms with E-state index in [9.17, 15) is 4.79 Å². The van der Waals surface area contributed by atoms with Crippen molar-refractivity contribution in [3.05, 3.63) is 59.9 Å². The standard InChI is InChI=1S/C19H20N4O2/c1-12(2)25-17-9-5-7-15(11-17)19(24)21-16-8-4-6-14(10-16)18-20-13(3)22-23-18/h4-12H,1-3H3,(H,21,24)(H,20,22,23). The van der Waals surface area contributed by atoms with Crippen LogP contribution in [0.1, 0.15) is 30.0 Å². The number of rotatable bonds is 5. The molecule has 1 aromatic heterocycles. The number of nitrogens with one attached hydrogen (secondary N) is 2. The molecular formula is C19H20N4O2. The van der Waals surface area contributed by atoms with Crippen LogP contribution in [0.3, 0.4) is 0 Å². The number of aromatic amines is 1. The van der Waals surface area contributed by atoms with E-state index >= 15 is 0 Å². The van der Waals surface area contributed by atoms with Gasteiger partial charge in [-0.25, -0.2) is 4.98 Å². The molecular weight excluding hydrogens is 316 g/mol. The van der Waals surface area contributed by atoms with Crippen molar-refractivity contribution >= 4 is 11.6 Å². The molecule has 0 atom stereocenters. The van der Waals surface area contributed by atoms with E-state index in [4.69, 9.17) is 4.74 Å². The zero-order valence-electron chi connectivity index (χ0n) is 14.4. The van der Waals surface area contributed by atoms with Crippen LogP contribution in [0.15, 0.2) is 48.5 Å². The minimum absolute atomic E-state index is 0.0554. The van der Waals surface area contributed by atoms with E-state index < -0.39 is 0 Å². The molecule has 128 valence electrons. The lowest BCUT2D eigenvalue weighted by molar-refractivity contribution is 0.102. The lowest BCUT2D eigenvalue weighted by atomic mass is 10.1. The first-order valence-electron chi connectivity index (χ1n) is 8.09. The highest BCUT2D eigenvalue weighted by molar-refractivity contribution is 6.04. The van der Waals surface area contributed by atoms with Crippen molar-refractivity contribution in [3.8, 4) is 17.1 Å². The number of amides is 1. The molecule has 3 rings (SSSR count). The number of anilines is 1. The van der Waals surface area contributed by atoms with Gasteiger partial charge in [-0.2, -0.15) is 5.10 Å². The molecule has 3 aromatic rings. The highest BCUT2D eigenvalue weighted by Gasteiger charge is 2.10. The maximum Gasteiger partial charge on any atom is 0.255 e. The highest BCUT2D eigenvalue weighted by atomic mass is 16.5. The molecule has 0 saturated carbocycles. The number of nitrogens with zero attached hydrogens (tertiary/aromatic N) is 2. The monoisotopic (exact) mass is 336 g/mol. The Morgan fingerprint density at radius 3 is 2.68 bits per heavy atom. The van der Waals surface area contributed by atoms with Gasteiger partial charge in [-0.15, -0.1) is 0 Å². The van der Waals surface area contributed by atoms with Gasteiger partial charge in [-0.05, 0) is 51.1 Å². The summed E-state index contributed by atoms with van der Waals surface area (Å²) in [6, 6.07) is 14.6. The maximum absolute atomic E-state index is 12.5. The number of aromatic nitrogens is 3. The molecule has 1 heterocycles. The van der Waals surface area contributed by atoms with Crippen LogP contribution >= 0.6 is 0 Å². The van der Waals surface area contributed by atoms with Gasteiger partial charge in [0.25, 0.3) is 5.91 Å². The van der Waals surface area contributed by atoms with Crippen LogP contribution in [0.25, 0.3) is 11.4 Å². The summed E-state index contributed by atoms with van der Waals surface area (Å²) in [7, 11) is 0. The first-order valence-corrected chi connectivity index (χ1v) is 8.09. The second-order valence-electron chi connectivity index (χ2n) is 5.97. The van der Waals surface area contributed by atoms with E-state index in [0.29, 0.717) is 22.8 Å². The van der Waals surface area contributed by atoms with Crippen molar-refractivity contribution in [2.24, 2.45) is 0 Å². The van der Waals surface area contributed by atoms with Gasteiger partial charge in [-0.1, -0.05) is 18.2 Å². The van der Waals surface area contributed by atoms with Crippen LogP contribution in [0.2, 0.25) is 0 Å². The van der Waals surface area contributed by atoms with Gasteiger partial charge in [0.2, 0.25) is 0 Å². The van der Waals surface area contributed by atoms with Crippen molar-refractivity contribution in [2.45, 2.75) is 26.9 Å². The predicted molar refractivity (Wildman–Crippen MR) is 96.7 cm³/mol. The normalized spacial score (nSPS) is 10.7. The van der Waals surface area contributed by atoms with Gasteiger partial charge in [0.15, 0.2) is 5.82 Å². The van der Waals surface area contributed by atoms with Crippen molar-refractivity contribution in [1.82, 2.24) is 15.2 Å². The number of benzene rings is 2. The van der Waals surface area contributed by atoms with Gasteiger partial charge in [0.05, 0.1) is 6.10 Å². The number of H-pyrrole nitrogens is 1. The topological polar surface area (TPSA) is 79.9 Å². The highest BCUT2D eigenvalue weighted by Crippen LogP contribution is 2.21. The summed E-state index contributed by atoms with van der Waals surface area (Å²) < 4.78 is 5.63. The Morgan fingerprint density at radius 2 is 1.96 bits per heavy atom. The fourth-order valence-corrected chi connectivity index (χ4v) is 2.39. The van der Waals surface area contributed by atoms with Gasteiger partial charge in [0, 0.05) is 16.8 Å². The van der Waals surface area contributed by atoms with Crippen LogP contribution < -0.4 is 10.1 Å². The largest absolute Gasteiger partial charge is 0.491 e. The molecule has 0 spiro atoms. The predicted octanol–water partition coefficient (Wildman–Crippen LogP) is 3.82. The summed E-state index contributed by atoms with van der Waals surface area (Å²) in [5.74, 6) is 1.82. The lowest BCUT2D eigenvalue weighted by Gasteiger charge is -2.11. The summed E-state index contributed by atoms with van der Waals surface area (Å²) in [6.07, 6.45) is 0.0554. The van der Waals surface area contributed by atoms with Crippen LogP contribution in [0.4, 0.5) is 5.69 Å². The van der Waals surface area contributed by atoms with E-state index in [1.807, 2.05) is 51.1 Å². The van der Waals surface area contributed by atoms with Crippen LogP contribution in [0, 0.1) is 6.92 Å². The zero-order chi connectivity index (χ0) is 17.8. The Morgan fingerprint density at radius 1 is 1.16 bits per heavy atom. The number of carbonyl (C=O) groups excluding carboxylic acids is 1. The summed E-state index contributed by atoms with van der Waals surface area (Å²) in [4.78, 5) is 16.8. The van der Waals surface area contributed by atoms with Crippen LogP contribution in [-0.2, 0) is 0 Å². The quantitative estimate of drug-likeness (QED) is 0.742. The molecule has 6 nitrogen and oxygen atoms in total. The van der Waals surface area contributed by atoms with E-state index in [0.717, 1.165) is 11.4 Å². The van der Waals surface area contributed by atoms with Crippen molar-refractivity contribution < 1.29 is 9.53 Å². The van der Waals surface area contributed by atoms with Crippen molar-refractivity contribution in [1.29, 1.82) is 0 Å². The fraction of sp³-hybridized carbons (Fsp3) is 0.211. The van der Waals surface area contributed by atoms with Crippen molar-refractivity contribution in [2.75, 3.05) is 5.32 Å². The first-order chi connectivity index (χ1) is 12.0. The summed E-state index contributed by atoms with van der Waals surface area (Å²) >= 11 is 0. The second kappa shape index (κ2) is 7.17. The molecule has 6 heteroatoms. The number of hydrogen-bond acceptors (Lipinski definition) is 4. The third-order valence-electron chi connectivity index (χ3n) is 3.44. The smallest absolute Gasteiger partial charge is 0.255 e. The number of hydrogen-bond donors (Lipinski definition) is 2. The first kappa shape index (κ1) is 16.7. The third kappa shape index (κ3) is 4.23. The molecule has 2 aromatic carbocycles. The van der Waals surface area contributed by atoms with Gasteiger partial charge in [-0.3, -0.25) is 9.89 Å². The summed E-state index contributed by atoms with van der Waals surface area (Å²) in [6.45, 7) is 5.74. The minimum Gasteiger partial charge on any atom is -0.491 e. The molecule has 0 radical (unpaired) electrons. The van der Waals surface area contributed by atoms with Gasteiger partial charge >= 0.3 is 0 Å². The molecule has 1 amide bonds. The number of carbonyl (C=O) groups is 1. The Balaban J connectivity index is 1.77. The Kier molecular flexibility index (Phi) is 4.79. The van der Waals surface area contributed by atoms with Gasteiger partial charge < -0.3 is 10.1 Å². The molecule has 25 heavy (non-hydrogen) atoms. The van der Waals surface area contributed by atoms with Gasteiger partial charge in [0.1, 0.15) is 11.6 Å². The number of ether oxygens (including phenoxy) is 1. The molecule has 0 saturated heterocycles. The van der Waals surface area contributed by atoms with E-state index in [1.165, 1.54) is 0 Å². The molecule has 0 aliphatic heterocycles. The molecule has 2 N–H and O–H groups in total. The molecule has 0 aliphatic carbocycles. The summed E-state index contributed by atoms with van der Waals surface area (Å²) in [5, 5.41) is 9.85. The Bertz CT molecular complexity index is 886. The number of aryl methyl sites for hydroxylation is 1. The van der Waals surface area contributed by atoms with E-state index in [2.05, 4.69) is 20.5 Å². The molecule has 0 aliphatic rings. The average Bonchev–Trinajstić information content (AvgIpc) is 3.01. The van der Waals surface area contributed by atoms with Crippen LogP contribution in [0.5, 0.6) is 5.75 Å². The Hall–Kier alpha value is -3.15. The molecule has 0 bridgehead atoms. The minimum atomic E-state index is -0.197. The maximum atomic E-state index is 12.5. The van der Waals surface area contributed by atoms with Crippen molar-refractivity contribution in [3.63, 3.8) is 0 Å². The SMILES string of the molecule is Cc1nc(-c2cccc(NC(=O)c3cccc(OC(C)C)c3)c2)n[nH]1.